The summed E-state index contributed by atoms with van der Waals surface area (Å²) < 4.78 is 0. The Bertz CT molecular complexity index is 172. The van der Waals surface area contributed by atoms with Crippen molar-refractivity contribution in [3.05, 3.63) is 24.0 Å². The normalized spacial score (nSPS) is 17.2. The van der Waals surface area contributed by atoms with Crippen LogP contribution in [0.2, 0.25) is 0 Å². The van der Waals surface area contributed by atoms with Crippen molar-refractivity contribution in [3.63, 3.8) is 0 Å². The molecule has 0 fully saturated rings. The molecule has 0 spiro atoms. The molecule has 0 atom stereocenters. The molecule has 1 heterocycles. The fraction of sp³-hybridized carbons (Fsp3) is 0.429. The van der Waals surface area contributed by atoms with Gasteiger partial charge in [0.1, 0.15) is 0 Å². The first-order chi connectivity index (χ1) is 4.70. The van der Waals surface area contributed by atoms with E-state index in [1.54, 1.807) is 12.3 Å². The predicted molar refractivity (Wildman–Crippen MR) is 38.8 cm³/mol. The van der Waals surface area contributed by atoms with Crippen molar-refractivity contribution in [2.45, 2.75) is 13.8 Å². The summed E-state index contributed by atoms with van der Waals surface area (Å²) in [6, 6.07) is 0. The van der Waals surface area contributed by atoms with Crippen LogP contribution in [0.15, 0.2) is 24.0 Å². The Hall–Kier alpha value is -0.960. The number of rotatable bonds is 1. The molecular weight excluding hydrogens is 128 g/mol. The average molecular weight is 140 g/mol. The van der Waals surface area contributed by atoms with Gasteiger partial charge in [0, 0.05) is 5.70 Å². The molecule has 0 aromatic heterocycles. The van der Waals surface area contributed by atoms with Gasteiger partial charge in [-0.1, -0.05) is 13.8 Å². The third kappa shape index (κ3) is 1.51. The van der Waals surface area contributed by atoms with Gasteiger partial charge < -0.3 is 0 Å². The van der Waals surface area contributed by atoms with Crippen molar-refractivity contribution in [1.29, 1.82) is 0 Å². The summed E-state index contributed by atoms with van der Waals surface area (Å²) in [5.41, 5.74) is 3.80. The van der Waals surface area contributed by atoms with Crippen molar-refractivity contribution in [2.24, 2.45) is 5.92 Å². The number of nitrogens with one attached hydrogen (secondary N) is 1. The van der Waals surface area contributed by atoms with Crippen LogP contribution in [0.25, 0.3) is 0 Å². The zero-order valence-electron chi connectivity index (χ0n) is 6.20. The van der Waals surface area contributed by atoms with Crippen LogP contribution >= 0.6 is 0 Å². The van der Waals surface area contributed by atoms with E-state index in [0.717, 1.165) is 10.9 Å². The first-order valence-corrected chi connectivity index (χ1v) is 3.33. The monoisotopic (exact) mass is 140 g/mol. The Labute approximate surface area is 60.6 Å². The summed E-state index contributed by atoms with van der Waals surface area (Å²) in [5, 5.41) is 9.88. The highest BCUT2D eigenvalue weighted by atomic mass is 16.5. The van der Waals surface area contributed by atoms with Crippen LogP contribution in [-0.4, -0.2) is 10.4 Å². The Balaban J connectivity index is 2.61. The molecule has 0 aliphatic carbocycles. The molecule has 0 bridgehead atoms. The van der Waals surface area contributed by atoms with Crippen LogP contribution < -0.4 is 5.43 Å². The van der Waals surface area contributed by atoms with Crippen LogP contribution in [0.4, 0.5) is 0 Å². The molecule has 1 aliphatic rings. The van der Waals surface area contributed by atoms with Crippen LogP contribution in [0.5, 0.6) is 0 Å². The van der Waals surface area contributed by atoms with Crippen LogP contribution in [0.3, 0.4) is 0 Å². The SMILES string of the molecule is CC(C)C1=CC=CN(O)N1. The lowest BCUT2D eigenvalue weighted by Crippen LogP contribution is -2.33. The van der Waals surface area contributed by atoms with Gasteiger partial charge >= 0.3 is 0 Å². The number of hydrazine groups is 1. The smallest absolute Gasteiger partial charge is 0.0516 e. The summed E-state index contributed by atoms with van der Waals surface area (Å²) in [5.74, 6) is 0.416. The van der Waals surface area contributed by atoms with Gasteiger partial charge in [-0.2, -0.15) is 5.17 Å². The standard InChI is InChI=1S/C7H12N2O/c1-6(2)7-4-3-5-9(10)8-7/h3-6,8,10H,1-2H3. The maximum absolute atomic E-state index is 8.92. The lowest BCUT2D eigenvalue weighted by molar-refractivity contribution is -0.0821. The van der Waals surface area contributed by atoms with Crippen molar-refractivity contribution >= 4 is 0 Å². The van der Waals surface area contributed by atoms with Crippen molar-refractivity contribution in [2.75, 3.05) is 0 Å². The number of nitrogens with zero attached hydrogens (tertiary/aromatic N) is 1. The number of hydrogen-bond acceptors (Lipinski definition) is 3. The molecule has 0 aromatic carbocycles. The van der Waals surface area contributed by atoms with E-state index in [1.165, 1.54) is 0 Å². The fourth-order valence-corrected chi connectivity index (χ4v) is 0.757. The highest BCUT2D eigenvalue weighted by Crippen LogP contribution is 2.08. The molecule has 1 aliphatic heterocycles. The van der Waals surface area contributed by atoms with Crippen LogP contribution in [-0.2, 0) is 0 Å². The molecule has 0 unspecified atom stereocenters. The first kappa shape index (κ1) is 7.15. The van der Waals surface area contributed by atoms with Crippen molar-refractivity contribution < 1.29 is 5.21 Å². The minimum Gasteiger partial charge on any atom is -0.279 e. The van der Waals surface area contributed by atoms with Gasteiger partial charge in [-0.25, -0.2) is 0 Å². The van der Waals surface area contributed by atoms with E-state index in [2.05, 4.69) is 19.3 Å². The van der Waals surface area contributed by atoms with Crippen molar-refractivity contribution in [1.82, 2.24) is 10.6 Å². The van der Waals surface area contributed by atoms with E-state index in [9.17, 15) is 0 Å². The third-order valence-corrected chi connectivity index (χ3v) is 1.37. The molecule has 0 saturated carbocycles. The minimum absolute atomic E-state index is 0.416. The molecule has 3 heteroatoms. The zero-order valence-corrected chi connectivity index (χ0v) is 6.20. The van der Waals surface area contributed by atoms with Gasteiger partial charge in [0.25, 0.3) is 0 Å². The minimum atomic E-state index is 0.416. The summed E-state index contributed by atoms with van der Waals surface area (Å²) in [4.78, 5) is 0. The average Bonchev–Trinajstić information content (AvgIpc) is 1.88. The van der Waals surface area contributed by atoms with E-state index in [-0.39, 0.29) is 0 Å². The van der Waals surface area contributed by atoms with Gasteiger partial charge in [-0.15, -0.1) is 0 Å². The number of hydrogen-bond donors (Lipinski definition) is 2. The molecule has 0 amide bonds. The fourth-order valence-electron chi connectivity index (χ4n) is 0.757. The largest absolute Gasteiger partial charge is 0.279 e. The predicted octanol–water partition coefficient (Wildman–Crippen LogP) is 1.25. The molecular formula is C7H12N2O. The lowest BCUT2D eigenvalue weighted by atomic mass is 10.1. The lowest BCUT2D eigenvalue weighted by Gasteiger charge is -2.22. The second kappa shape index (κ2) is 2.75. The van der Waals surface area contributed by atoms with Gasteiger partial charge in [0.15, 0.2) is 0 Å². The molecule has 0 aromatic rings. The second-order valence-electron chi connectivity index (χ2n) is 2.57. The Kier molecular flexibility index (Phi) is 1.97. The highest BCUT2D eigenvalue weighted by molar-refractivity contribution is 5.14. The van der Waals surface area contributed by atoms with E-state index < -0.39 is 0 Å². The molecule has 3 nitrogen and oxygen atoms in total. The number of hydroxylamine groups is 1. The molecule has 10 heavy (non-hydrogen) atoms. The Morgan fingerprint density at radius 1 is 1.60 bits per heavy atom. The molecule has 2 N–H and O–H groups in total. The first-order valence-electron chi connectivity index (χ1n) is 3.33. The summed E-state index contributed by atoms with van der Waals surface area (Å²) in [7, 11) is 0. The maximum atomic E-state index is 8.92. The van der Waals surface area contributed by atoms with Gasteiger partial charge in [0.2, 0.25) is 0 Å². The number of allylic oxidation sites excluding steroid dienone is 3. The zero-order chi connectivity index (χ0) is 7.56. The highest BCUT2D eigenvalue weighted by Gasteiger charge is 2.05. The second-order valence-corrected chi connectivity index (χ2v) is 2.57. The van der Waals surface area contributed by atoms with E-state index in [0.29, 0.717) is 5.92 Å². The summed E-state index contributed by atoms with van der Waals surface area (Å²) in [6.07, 6.45) is 5.29. The molecule has 1 rings (SSSR count). The van der Waals surface area contributed by atoms with Crippen LogP contribution in [0, 0.1) is 5.92 Å². The van der Waals surface area contributed by atoms with Gasteiger partial charge in [-0.05, 0) is 18.1 Å². The molecule has 56 valence electrons. The summed E-state index contributed by atoms with van der Waals surface area (Å²) in [6.45, 7) is 4.12. The van der Waals surface area contributed by atoms with E-state index in [1.807, 2.05) is 6.08 Å². The summed E-state index contributed by atoms with van der Waals surface area (Å²) >= 11 is 0. The maximum Gasteiger partial charge on any atom is 0.0516 e. The quantitative estimate of drug-likeness (QED) is 0.575. The molecule has 0 saturated heterocycles. The van der Waals surface area contributed by atoms with Crippen molar-refractivity contribution in [3.8, 4) is 0 Å². The molecule has 0 radical (unpaired) electrons. The van der Waals surface area contributed by atoms with Gasteiger partial charge in [0.05, 0.1) is 6.20 Å². The Morgan fingerprint density at radius 2 is 2.30 bits per heavy atom. The van der Waals surface area contributed by atoms with E-state index >= 15 is 0 Å². The van der Waals surface area contributed by atoms with Crippen LogP contribution in [0.1, 0.15) is 13.8 Å². The van der Waals surface area contributed by atoms with E-state index in [4.69, 9.17) is 5.21 Å². The third-order valence-electron chi connectivity index (χ3n) is 1.37. The van der Waals surface area contributed by atoms with Gasteiger partial charge in [-0.3, -0.25) is 10.6 Å². The Morgan fingerprint density at radius 3 is 2.70 bits per heavy atom. The topological polar surface area (TPSA) is 35.5 Å².